The van der Waals surface area contributed by atoms with Gasteiger partial charge in [-0.2, -0.15) is 26.3 Å². The van der Waals surface area contributed by atoms with Crippen molar-refractivity contribution in [2.75, 3.05) is 6.61 Å². The molecule has 2 aromatic rings. The Bertz CT molecular complexity index is 766. The molecule has 0 aromatic heterocycles. The van der Waals surface area contributed by atoms with Gasteiger partial charge in [0.1, 0.15) is 5.41 Å². The first-order valence-electron chi connectivity index (χ1n) is 7.94. The highest BCUT2D eigenvalue weighted by Crippen LogP contribution is 2.45. The lowest BCUT2D eigenvalue weighted by Crippen LogP contribution is -2.39. The first-order valence-corrected chi connectivity index (χ1v) is 7.94. The summed E-state index contributed by atoms with van der Waals surface area (Å²) >= 11 is 0. The predicted octanol–water partition coefficient (Wildman–Crippen LogP) is 5.59. The Hall–Kier alpha value is -2.51. The van der Waals surface area contributed by atoms with Gasteiger partial charge in [0.25, 0.3) is 0 Å². The van der Waals surface area contributed by atoms with Gasteiger partial charge in [0.05, 0.1) is 17.7 Å². The molecule has 8 heteroatoms. The van der Waals surface area contributed by atoms with Gasteiger partial charge in [0, 0.05) is 0 Å². The average Bonchev–Trinajstić information content (AvgIpc) is 2.59. The Morgan fingerprint density at radius 2 is 1.11 bits per heavy atom. The molecule has 0 unspecified atom stereocenters. The van der Waals surface area contributed by atoms with Crippen LogP contribution in [0.3, 0.4) is 0 Å². The highest BCUT2D eigenvalue weighted by Gasteiger charge is 2.49. The molecule has 0 aliphatic rings. The molecular weight excluding hydrogens is 374 g/mol. The molecule has 0 amide bonds. The number of hydrogen-bond acceptors (Lipinski definition) is 2. The summed E-state index contributed by atoms with van der Waals surface area (Å²) in [6.07, 6.45) is -9.73. The fourth-order valence-corrected chi connectivity index (χ4v) is 2.97. The van der Waals surface area contributed by atoms with Crippen molar-refractivity contribution in [3.05, 3.63) is 70.8 Å². The van der Waals surface area contributed by atoms with Gasteiger partial charge in [-0.25, -0.2) is 0 Å². The van der Waals surface area contributed by atoms with E-state index in [1.165, 1.54) is 19.1 Å². The molecule has 2 aromatic carbocycles. The summed E-state index contributed by atoms with van der Waals surface area (Å²) in [5.41, 5.74) is -5.91. The number of ether oxygens (including phenoxy) is 1. The first-order chi connectivity index (χ1) is 12.4. The summed E-state index contributed by atoms with van der Waals surface area (Å²) in [6, 6.07) is 8.11. The maximum Gasteiger partial charge on any atom is 0.416 e. The van der Waals surface area contributed by atoms with Crippen molar-refractivity contribution in [3.63, 3.8) is 0 Å². The fourth-order valence-electron chi connectivity index (χ4n) is 2.97. The van der Waals surface area contributed by atoms with E-state index in [4.69, 9.17) is 4.74 Å². The molecule has 0 saturated heterocycles. The number of halogens is 6. The molecule has 0 saturated carbocycles. The van der Waals surface area contributed by atoms with Crippen LogP contribution in [0.15, 0.2) is 48.5 Å². The van der Waals surface area contributed by atoms with Gasteiger partial charge < -0.3 is 4.74 Å². The van der Waals surface area contributed by atoms with E-state index in [0.29, 0.717) is 0 Å². The number of carbonyl (C=O) groups excluding carboxylic acids is 1. The van der Waals surface area contributed by atoms with E-state index in [0.717, 1.165) is 43.3 Å². The zero-order chi connectivity index (χ0) is 20.5. The zero-order valence-electron chi connectivity index (χ0n) is 14.4. The fraction of sp³-hybridized carbons (Fsp3) is 0.316. The minimum absolute atomic E-state index is 0.198. The molecule has 0 bridgehead atoms. The van der Waals surface area contributed by atoms with Crippen LogP contribution in [0.25, 0.3) is 0 Å². The van der Waals surface area contributed by atoms with Crippen LogP contribution in [0.1, 0.15) is 36.1 Å². The lowest BCUT2D eigenvalue weighted by Gasteiger charge is -2.32. The second-order valence-electron chi connectivity index (χ2n) is 5.93. The molecule has 27 heavy (non-hydrogen) atoms. The van der Waals surface area contributed by atoms with Gasteiger partial charge in [-0.05, 0) is 37.1 Å². The monoisotopic (exact) mass is 390 g/mol. The molecule has 0 atom stereocenters. The van der Waals surface area contributed by atoms with Crippen LogP contribution < -0.4 is 0 Å². The summed E-state index contributed by atoms with van der Waals surface area (Å²) in [7, 11) is 0. The topological polar surface area (TPSA) is 26.3 Å². The standard InChI is InChI=1S/C19H16F6O2/c1-3-27-16(26)17(2,12-8-4-6-10-14(12)18(20,21)22)13-9-5-7-11-15(13)19(23,24)25/h4-11H,3H2,1-2H3. The molecule has 0 radical (unpaired) electrons. The molecule has 146 valence electrons. The number of hydrogen-bond donors (Lipinski definition) is 0. The zero-order valence-corrected chi connectivity index (χ0v) is 14.4. The van der Waals surface area contributed by atoms with E-state index in [-0.39, 0.29) is 6.61 Å². The van der Waals surface area contributed by atoms with Crippen LogP contribution in [-0.4, -0.2) is 12.6 Å². The maximum absolute atomic E-state index is 13.5. The molecule has 2 rings (SSSR count). The Labute approximate surface area is 151 Å². The number of benzene rings is 2. The number of alkyl halides is 6. The average molecular weight is 390 g/mol. The molecule has 0 heterocycles. The Morgan fingerprint density at radius 3 is 1.41 bits per heavy atom. The molecule has 0 N–H and O–H groups in total. The second-order valence-corrected chi connectivity index (χ2v) is 5.93. The molecule has 0 fully saturated rings. The van der Waals surface area contributed by atoms with Crippen LogP contribution in [-0.2, 0) is 27.3 Å². The van der Waals surface area contributed by atoms with E-state index in [1.807, 2.05) is 0 Å². The van der Waals surface area contributed by atoms with Gasteiger partial charge in [-0.1, -0.05) is 36.4 Å². The van der Waals surface area contributed by atoms with Gasteiger partial charge in [-0.3, -0.25) is 4.79 Å². The predicted molar refractivity (Wildman–Crippen MR) is 86.0 cm³/mol. The van der Waals surface area contributed by atoms with E-state index >= 15 is 0 Å². The van der Waals surface area contributed by atoms with Gasteiger partial charge in [0.2, 0.25) is 0 Å². The summed E-state index contributed by atoms with van der Waals surface area (Å²) in [5.74, 6) is -1.20. The van der Waals surface area contributed by atoms with Gasteiger partial charge in [-0.15, -0.1) is 0 Å². The van der Waals surface area contributed by atoms with Gasteiger partial charge >= 0.3 is 18.3 Å². The van der Waals surface area contributed by atoms with Crippen LogP contribution in [0.5, 0.6) is 0 Å². The third-order valence-electron chi connectivity index (χ3n) is 4.23. The summed E-state index contributed by atoms with van der Waals surface area (Å²) in [6.45, 7) is 2.24. The van der Waals surface area contributed by atoms with Crippen molar-refractivity contribution in [1.29, 1.82) is 0 Å². The van der Waals surface area contributed by atoms with Crippen LogP contribution in [0.4, 0.5) is 26.3 Å². The second kappa shape index (κ2) is 7.25. The number of carbonyl (C=O) groups is 1. The van der Waals surface area contributed by atoms with E-state index < -0.39 is 46.0 Å². The smallest absolute Gasteiger partial charge is 0.416 e. The number of rotatable bonds is 4. The molecular formula is C19H16F6O2. The molecule has 0 aliphatic heterocycles. The highest BCUT2D eigenvalue weighted by molar-refractivity contribution is 5.88. The van der Waals surface area contributed by atoms with E-state index in [2.05, 4.69) is 0 Å². The van der Waals surface area contributed by atoms with Crippen molar-refractivity contribution in [1.82, 2.24) is 0 Å². The molecule has 0 spiro atoms. The van der Waals surface area contributed by atoms with Gasteiger partial charge in [0.15, 0.2) is 0 Å². The summed E-state index contributed by atoms with van der Waals surface area (Å²) in [5, 5.41) is 0. The van der Waals surface area contributed by atoms with Crippen molar-refractivity contribution in [2.45, 2.75) is 31.6 Å². The van der Waals surface area contributed by atoms with E-state index in [9.17, 15) is 31.1 Å². The highest BCUT2D eigenvalue weighted by atomic mass is 19.4. The SMILES string of the molecule is CCOC(=O)C(C)(c1ccccc1C(F)(F)F)c1ccccc1C(F)(F)F. The molecule has 0 aliphatic carbocycles. The van der Waals surface area contributed by atoms with Crippen molar-refractivity contribution in [3.8, 4) is 0 Å². The van der Waals surface area contributed by atoms with Crippen molar-refractivity contribution >= 4 is 5.97 Å². The minimum Gasteiger partial charge on any atom is -0.465 e. The van der Waals surface area contributed by atoms with Crippen molar-refractivity contribution < 1.29 is 35.9 Å². The van der Waals surface area contributed by atoms with Crippen LogP contribution in [0, 0.1) is 0 Å². The minimum atomic E-state index is -4.86. The Morgan fingerprint density at radius 1 is 0.778 bits per heavy atom. The summed E-state index contributed by atoms with van der Waals surface area (Å²) < 4.78 is 85.9. The third kappa shape index (κ3) is 3.94. The lowest BCUT2D eigenvalue weighted by atomic mass is 9.72. The Kier molecular flexibility index (Phi) is 5.58. The lowest BCUT2D eigenvalue weighted by molar-refractivity contribution is -0.150. The summed E-state index contributed by atoms with van der Waals surface area (Å²) in [4.78, 5) is 12.7. The molecule has 2 nitrogen and oxygen atoms in total. The third-order valence-corrected chi connectivity index (χ3v) is 4.23. The largest absolute Gasteiger partial charge is 0.465 e. The van der Waals surface area contributed by atoms with E-state index in [1.54, 1.807) is 0 Å². The Balaban J connectivity index is 2.89. The van der Waals surface area contributed by atoms with Crippen molar-refractivity contribution in [2.24, 2.45) is 0 Å². The number of esters is 1. The normalized spacial score (nSPS) is 12.7. The quantitative estimate of drug-likeness (QED) is 0.502. The van der Waals surface area contributed by atoms with Crippen LogP contribution in [0.2, 0.25) is 0 Å². The maximum atomic E-state index is 13.5. The first kappa shape index (κ1) is 20.8. The van der Waals surface area contributed by atoms with Crippen LogP contribution >= 0.6 is 0 Å².